The second-order valence-electron chi connectivity index (χ2n) is 10.3. The van der Waals surface area contributed by atoms with Crippen LogP contribution in [0.15, 0.2) is 48.5 Å². The molecule has 1 saturated heterocycles. The third kappa shape index (κ3) is 7.01. The first kappa shape index (κ1) is 26.9. The predicted octanol–water partition coefficient (Wildman–Crippen LogP) is 5.89. The largest absolute Gasteiger partial charge is 0.427 e. The van der Waals surface area contributed by atoms with Crippen molar-refractivity contribution < 1.29 is 14.3 Å². The summed E-state index contributed by atoms with van der Waals surface area (Å²) in [5.74, 6) is 0.0847. The van der Waals surface area contributed by atoms with Gasteiger partial charge in [0.1, 0.15) is 5.75 Å². The van der Waals surface area contributed by atoms with Gasteiger partial charge in [-0.25, -0.2) is 0 Å². The first-order valence-electron chi connectivity index (χ1n) is 13.8. The summed E-state index contributed by atoms with van der Waals surface area (Å²) < 4.78 is 7.60. The molecule has 0 spiro atoms. The molecule has 1 N–H and O–H groups in total. The van der Waals surface area contributed by atoms with Crippen LogP contribution in [0.25, 0.3) is 10.9 Å². The van der Waals surface area contributed by atoms with E-state index in [1.54, 1.807) is 0 Å². The minimum Gasteiger partial charge on any atom is -0.427 e. The van der Waals surface area contributed by atoms with Crippen molar-refractivity contribution in [3.05, 3.63) is 65.4 Å². The molecular weight excluding hydrogens is 462 g/mol. The number of benzene rings is 2. The number of rotatable bonds is 11. The average molecular weight is 504 g/mol. The number of unbranched alkanes of at least 4 members (excludes halogenated alkanes) is 3. The number of aryl methyl sites for hydroxylation is 1. The van der Waals surface area contributed by atoms with E-state index < -0.39 is 0 Å². The van der Waals surface area contributed by atoms with Crippen molar-refractivity contribution >= 4 is 22.8 Å². The van der Waals surface area contributed by atoms with Crippen LogP contribution in [0.5, 0.6) is 5.75 Å². The first-order chi connectivity index (χ1) is 18.0. The number of fused-ring (bicyclic) bond motifs is 1. The Morgan fingerprint density at radius 1 is 1.00 bits per heavy atom. The Balaban J connectivity index is 1.44. The lowest BCUT2D eigenvalue weighted by Crippen LogP contribution is -2.45. The molecule has 6 nitrogen and oxygen atoms in total. The molecule has 37 heavy (non-hydrogen) atoms. The van der Waals surface area contributed by atoms with Gasteiger partial charge in [0.2, 0.25) is 0 Å². The molecule has 6 heteroatoms. The van der Waals surface area contributed by atoms with Gasteiger partial charge >= 0.3 is 5.97 Å². The second kappa shape index (κ2) is 12.9. The minimum atomic E-state index is -0.361. The zero-order chi connectivity index (χ0) is 26.2. The molecule has 0 radical (unpaired) electrons. The number of hydrogen-bond acceptors (Lipinski definition) is 4. The Kier molecular flexibility index (Phi) is 9.40. The Bertz CT molecular complexity index is 1190. The summed E-state index contributed by atoms with van der Waals surface area (Å²) in [6.45, 7) is 9.55. The van der Waals surface area contributed by atoms with E-state index in [1.165, 1.54) is 31.7 Å². The molecule has 1 fully saturated rings. The van der Waals surface area contributed by atoms with Crippen LogP contribution in [0.3, 0.4) is 0 Å². The van der Waals surface area contributed by atoms with E-state index in [2.05, 4.69) is 52.0 Å². The number of nitrogens with zero attached hydrogens (tertiary/aromatic N) is 2. The topological polar surface area (TPSA) is 63.6 Å². The van der Waals surface area contributed by atoms with Crippen molar-refractivity contribution in [2.24, 2.45) is 0 Å². The number of likely N-dealkylation sites (tertiary alicyclic amines) is 1. The molecule has 0 saturated carbocycles. The standard InChI is InChI=1S/C31H41N3O3/c1-4-5-6-10-18-34-23(2)30(28-22-27(37-24(3)35)13-14-29(28)34)31(36)32-26-16-20-33(21-17-26)19-15-25-11-8-7-9-12-25/h7-9,11-14,22,26H,4-6,10,15-21H2,1-3H3,(H,32,36). The number of piperidine rings is 1. The lowest BCUT2D eigenvalue weighted by atomic mass is 10.0. The van der Waals surface area contributed by atoms with Crippen LogP contribution in [0.2, 0.25) is 0 Å². The van der Waals surface area contributed by atoms with Gasteiger partial charge < -0.3 is 19.5 Å². The maximum absolute atomic E-state index is 13.6. The normalized spacial score (nSPS) is 14.7. The van der Waals surface area contributed by atoms with Gasteiger partial charge in [0, 0.05) is 55.7 Å². The summed E-state index contributed by atoms with van der Waals surface area (Å²) in [6, 6.07) is 16.4. The van der Waals surface area contributed by atoms with Crippen LogP contribution in [-0.2, 0) is 17.8 Å². The second-order valence-corrected chi connectivity index (χ2v) is 10.3. The Morgan fingerprint density at radius 3 is 2.46 bits per heavy atom. The highest BCUT2D eigenvalue weighted by atomic mass is 16.5. The quantitative estimate of drug-likeness (QED) is 0.201. The highest BCUT2D eigenvalue weighted by molar-refractivity contribution is 6.09. The van der Waals surface area contributed by atoms with Gasteiger partial charge in [0.05, 0.1) is 5.56 Å². The monoisotopic (exact) mass is 503 g/mol. The molecule has 3 aromatic rings. The van der Waals surface area contributed by atoms with E-state index in [0.717, 1.165) is 68.5 Å². The van der Waals surface area contributed by atoms with Crippen molar-refractivity contribution in [1.82, 2.24) is 14.8 Å². The van der Waals surface area contributed by atoms with Gasteiger partial charge in [0.25, 0.3) is 5.91 Å². The maximum atomic E-state index is 13.6. The molecule has 2 aromatic carbocycles. The Hall–Kier alpha value is -3.12. The van der Waals surface area contributed by atoms with E-state index >= 15 is 0 Å². The number of carbonyl (C=O) groups excluding carboxylic acids is 2. The number of amides is 1. The summed E-state index contributed by atoms with van der Waals surface area (Å²) in [6.07, 6.45) is 7.61. The minimum absolute atomic E-state index is 0.0301. The fourth-order valence-corrected chi connectivity index (χ4v) is 5.45. The smallest absolute Gasteiger partial charge is 0.308 e. The van der Waals surface area contributed by atoms with Crippen LogP contribution in [0, 0.1) is 6.92 Å². The van der Waals surface area contributed by atoms with E-state index in [0.29, 0.717) is 11.3 Å². The van der Waals surface area contributed by atoms with Gasteiger partial charge in [0.15, 0.2) is 0 Å². The van der Waals surface area contributed by atoms with Crippen molar-refractivity contribution in [3.8, 4) is 5.75 Å². The van der Waals surface area contributed by atoms with E-state index in [9.17, 15) is 9.59 Å². The van der Waals surface area contributed by atoms with Crippen molar-refractivity contribution in [3.63, 3.8) is 0 Å². The third-order valence-electron chi connectivity index (χ3n) is 7.50. The third-order valence-corrected chi connectivity index (χ3v) is 7.50. The lowest BCUT2D eigenvalue weighted by Gasteiger charge is -2.32. The highest BCUT2D eigenvalue weighted by Crippen LogP contribution is 2.30. The zero-order valence-electron chi connectivity index (χ0n) is 22.6. The molecule has 2 heterocycles. The van der Waals surface area contributed by atoms with Gasteiger partial charge in [-0.15, -0.1) is 0 Å². The number of aromatic nitrogens is 1. The molecule has 1 aliphatic heterocycles. The molecule has 1 aromatic heterocycles. The van der Waals surface area contributed by atoms with E-state index in [1.807, 2.05) is 25.1 Å². The molecule has 1 amide bonds. The van der Waals surface area contributed by atoms with Crippen molar-refractivity contribution in [1.29, 1.82) is 0 Å². The van der Waals surface area contributed by atoms with Gasteiger partial charge in [-0.05, 0) is 56.4 Å². The first-order valence-corrected chi connectivity index (χ1v) is 13.8. The van der Waals surface area contributed by atoms with Crippen LogP contribution in [0.1, 0.15) is 74.0 Å². The number of ether oxygens (including phenoxy) is 1. The summed E-state index contributed by atoms with van der Waals surface area (Å²) in [5.41, 5.74) is 4.06. The summed E-state index contributed by atoms with van der Waals surface area (Å²) in [4.78, 5) is 27.7. The number of nitrogens with one attached hydrogen (secondary N) is 1. The molecule has 0 bridgehead atoms. The average Bonchev–Trinajstić information content (AvgIpc) is 3.16. The molecule has 0 aliphatic carbocycles. The lowest BCUT2D eigenvalue weighted by molar-refractivity contribution is -0.131. The Morgan fingerprint density at radius 2 is 1.76 bits per heavy atom. The van der Waals surface area contributed by atoms with E-state index in [-0.39, 0.29) is 17.9 Å². The molecule has 198 valence electrons. The molecule has 0 unspecified atom stereocenters. The highest BCUT2D eigenvalue weighted by Gasteiger charge is 2.25. The van der Waals surface area contributed by atoms with Crippen molar-refractivity contribution in [2.75, 3.05) is 19.6 Å². The number of carbonyl (C=O) groups is 2. The SMILES string of the molecule is CCCCCCn1c(C)c(C(=O)NC2CCN(CCc3ccccc3)CC2)c2cc(OC(C)=O)ccc21. The number of esters is 1. The fraction of sp³-hybridized carbons (Fsp3) is 0.484. The molecule has 0 atom stereocenters. The van der Waals surface area contributed by atoms with Crippen LogP contribution in [-0.4, -0.2) is 47.0 Å². The summed E-state index contributed by atoms with van der Waals surface area (Å²) in [7, 11) is 0. The van der Waals surface area contributed by atoms with Gasteiger partial charge in [-0.2, -0.15) is 0 Å². The summed E-state index contributed by atoms with van der Waals surface area (Å²) >= 11 is 0. The van der Waals surface area contributed by atoms with Crippen molar-refractivity contribution in [2.45, 2.75) is 78.3 Å². The number of hydrogen-bond donors (Lipinski definition) is 1. The van der Waals surface area contributed by atoms with E-state index in [4.69, 9.17) is 4.74 Å². The summed E-state index contributed by atoms with van der Waals surface area (Å²) in [5, 5.41) is 4.18. The predicted molar refractivity (Wildman–Crippen MR) is 149 cm³/mol. The Labute approximate surface area is 221 Å². The fourth-order valence-electron chi connectivity index (χ4n) is 5.45. The molecular formula is C31H41N3O3. The van der Waals surface area contributed by atoms with Crippen LogP contribution >= 0.6 is 0 Å². The molecule has 4 rings (SSSR count). The van der Waals surface area contributed by atoms with Crippen LogP contribution < -0.4 is 10.1 Å². The zero-order valence-corrected chi connectivity index (χ0v) is 22.6. The van der Waals surface area contributed by atoms with Gasteiger partial charge in [-0.3, -0.25) is 9.59 Å². The van der Waals surface area contributed by atoms with Crippen LogP contribution in [0.4, 0.5) is 0 Å². The maximum Gasteiger partial charge on any atom is 0.308 e. The molecule has 1 aliphatic rings. The van der Waals surface area contributed by atoms with Gasteiger partial charge in [-0.1, -0.05) is 56.5 Å².